The van der Waals surface area contributed by atoms with Crippen molar-refractivity contribution >= 4 is 49.3 Å². The quantitative estimate of drug-likeness (QED) is 0.502. The molecule has 1 amide bonds. The number of rotatable bonds is 2. The van der Waals surface area contributed by atoms with Crippen molar-refractivity contribution < 1.29 is 9.21 Å². The molecule has 1 heterocycles. The van der Waals surface area contributed by atoms with Gasteiger partial charge in [0.15, 0.2) is 5.76 Å². The van der Waals surface area contributed by atoms with Crippen LogP contribution in [0.3, 0.4) is 0 Å². The Morgan fingerprint density at radius 1 is 0.913 bits per heavy atom. The van der Waals surface area contributed by atoms with E-state index in [1.165, 1.54) is 0 Å². The summed E-state index contributed by atoms with van der Waals surface area (Å²) < 4.78 is 6.56. The first-order chi connectivity index (χ1) is 11.2. The van der Waals surface area contributed by atoms with Gasteiger partial charge in [-0.15, -0.1) is 0 Å². The van der Waals surface area contributed by atoms with Crippen LogP contribution in [0.1, 0.15) is 10.6 Å². The van der Waals surface area contributed by atoms with Crippen LogP contribution in [-0.2, 0) is 0 Å². The monoisotopic (exact) mass is 365 g/mol. The van der Waals surface area contributed by atoms with Crippen molar-refractivity contribution in [2.75, 3.05) is 5.32 Å². The summed E-state index contributed by atoms with van der Waals surface area (Å²) in [6.07, 6.45) is 0. The van der Waals surface area contributed by atoms with E-state index in [9.17, 15) is 4.79 Å². The topological polar surface area (TPSA) is 42.2 Å². The fraction of sp³-hybridized carbons (Fsp3) is 0. The van der Waals surface area contributed by atoms with Gasteiger partial charge < -0.3 is 9.73 Å². The molecule has 0 saturated carbocycles. The first kappa shape index (κ1) is 14.0. The van der Waals surface area contributed by atoms with Crippen LogP contribution in [0.15, 0.2) is 75.6 Å². The molecule has 0 aliphatic heterocycles. The molecule has 0 bridgehead atoms. The fourth-order valence-corrected chi connectivity index (χ4v) is 3.12. The maximum atomic E-state index is 12.5. The predicted molar refractivity (Wildman–Crippen MR) is 95.8 cm³/mol. The van der Waals surface area contributed by atoms with Gasteiger partial charge in [-0.05, 0) is 29.7 Å². The van der Waals surface area contributed by atoms with E-state index in [4.69, 9.17) is 4.42 Å². The predicted octanol–water partition coefficient (Wildman–Crippen LogP) is 5.60. The largest absolute Gasteiger partial charge is 0.451 e. The number of anilines is 1. The highest BCUT2D eigenvalue weighted by molar-refractivity contribution is 9.10. The molecule has 4 aromatic rings. The molecule has 0 radical (unpaired) electrons. The van der Waals surface area contributed by atoms with Gasteiger partial charge in [0, 0.05) is 20.9 Å². The lowest BCUT2D eigenvalue weighted by atomic mass is 10.1. The van der Waals surface area contributed by atoms with Crippen molar-refractivity contribution in [2.24, 2.45) is 0 Å². The Kier molecular flexibility index (Phi) is 3.39. The van der Waals surface area contributed by atoms with Crippen molar-refractivity contribution in [3.05, 3.63) is 77.0 Å². The Hall–Kier alpha value is -2.59. The van der Waals surface area contributed by atoms with Gasteiger partial charge in [0.1, 0.15) is 5.58 Å². The number of furan rings is 1. The summed E-state index contributed by atoms with van der Waals surface area (Å²) in [4.78, 5) is 12.5. The van der Waals surface area contributed by atoms with Crippen molar-refractivity contribution in [3.8, 4) is 0 Å². The zero-order chi connectivity index (χ0) is 15.8. The van der Waals surface area contributed by atoms with E-state index in [2.05, 4.69) is 21.2 Å². The highest BCUT2D eigenvalue weighted by Crippen LogP contribution is 2.28. The second-order valence-electron chi connectivity index (χ2n) is 5.24. The van der Waals surface area contributed by atoms with Gasteiger partial charge in [-0.1, -0.05) is 58.4 Å². The van der Waals surface area contributed by atoms with Gasteiger partial charge in [0.25, 0.3) is 5.91 Å². The summed E-state index contributed by atoms with van der Waals surface area (Å²) in [5.41, 5.74) is 1.45. The number of nitrogens with one attached hydrogen (secondary N) is 1. The lowest BCUT2D eigenvalue weighted by molar-refractivity contribution is 0.0999. The molecule has 23 heavy (non-hydrogen) atoms. The van der Waals surface area contributed by atoms with Gasteiger partial charge in [0.05, 0.1) is 0 Å². The van der Waals surface area contributed by atoms with Crippen LogP contribution in [0.4, 0.5) is 5.69 Å². The number of halogens is 1. The molecule has 112 valence electrons. The molecule has 4 heteroatoms. The third-order valence-electron chi connectivity index (χ3n) is 3.77. The maximum Gasteiger partial charge on any atom is 0.291 e. The minimum atomic E-state index is -0.260. The number of carbonyl (C=O) groups is 1. The van der Waals surface area contributed by atoms with Crippen LogP contribution in [-0.4, -0.2) is 5.91 Å². The number of hydrogen-bond donors (Lipinski definition) is 1. The number of amides is 1. The lowest BCUT2D eigenvalue weighted by Crippen LogP contribution is -2.11. The highest BCUT2D eigenvalue weighted by atomic mass is 79.9. The van der Waals surface area contributed by atoms with Gasteiger partial charge in [0.2, 0.25) is 0 Å². The second-order valence-corrected chi connectivity index (χ2v) is 6.10. The van der Waals surface area contributed by atoms with Gasteiger partial charge >= 0.3 is 0 Å². The van der Waals surface area contributed by atoms with Crippen LogP contribution >= 0.6 is 15.9 Å². The first-order valence-electron chi connectivity index (χ1n) is 7.19. The zero-order valence-electron chi connectivity index (χ0n) is 12.0. The number of benzene rings is 3. The maximum absolute atomic E-state index is 12.5. The average Bonchev–Trinajstić information content (AvgIpc) is 3.01. The molecule has 0 fully saturated rings. The highest BCUT2D eigenvalue weighted by Gasteiger charge is 2.14. The van der Waals surface area contributed by atoms with Crippen LogP contribution in [0.2, 0.25) is 0 Å². The third kappa shape index (κ3) is 2.51. The summed E-state index contributed by atoms with van der Waals surface area (Å²) in [6, 6.07) is 21.2. The first-order valence-corrected chi connectivity index (χ1v) is 7.99. The van der Waals surface area contributed by atoms with E-state index in [1.54, 1.807) is 6.07 Å². The fourth-order valence-electron chi connectivity index (χ4n) is 2.66. The Morgan fingerprint density at radius 2 is 1.70 bits per heavy atom. The van der Waals surface area contributed by atoms with E-state index < -0.39 is 0 Å². The van der Waals surface area contributed by atoms with E-state index in [0.29, 0.717) is 11.3 Å². The standard InChI is InChI=1S/C19H12BrNO2/c20-15-8-4-10-17-14(15)11-18(23-17)19(22)21-16-9-3-6-12-5-1-2-7-13(12)16/h1-11H,(H,21,22). The molecule has 3 aromatic carbocycles. The summed E-state index contributed by atoms with van der Waals surface area (Å²) in [5, 5.41) is 5.90. The molecule has 0 unspecified atom stereocenters. The van der Waals surface area contributed by atoms with E-state index in [0.717, 1.165) is 26.3 Å². The minimum Gasteiger partial charge on any atom is -0.451 e. The third-order valence-corrected chi connectivity index (χ3v) is 4.46. The van der Waals surface area contributed by atoms with Crippen LogP contribution in [0.25, 0.3) is 21.7 Å². The van der Waals surface area contributed by atoms with E-state index in [1.807, 2.05) is 60.7 Å². The molecule has 0 spiro atoms. The SMILES string of the molecule is O=C(Nc1cccc2ccccc12)c1cc2c(Br)cccc2o1. The Balaban J connectivity index is 1.72. The van der Waals surface area contributed by atoms with Crippen molar-refractivity contribution in [1.29, 1.82) is 0 Å². The summed E-state index contributed by atoms with van der Waals surface area (Å²) >= 11 is 3.47. The molecule has 0 saturated heterocycles. The molecule has 0 atom stereocenters. The molecule has 1 N–H and O–H groups in total. The number of fused-ring (bicyclic) bond motifs is 2. The van der Waals surface area contributed by atoms with Crippen molar-refractivity contribution in [3.63, 3.8) is 0 Å². The molecular formula is C19H12BrNO2. The van der Waals surface area contributed by atoms with Gasteiger partial charge in [-0.25, -0.2) is 0 Å². The molecule has 4 rings (SSSR count). The van der Waals surface area contributed by atoms with Crippen LogP contribution in [0.5, 0.6) is 0 Å². The summed E-state index contributed by atoms with van der Waals surface area (Å²) in [6.45, 7) is 0. The molecule has 0 aliphatic rings. The van der Waals surface area contributed by atoms with Gasteiger partial charge in [-0.2, -0.15) is 0 Å². The minimum absolute atomic E-state index is 0.260. The van der Waals surface area contributed by atoms with Crippen LogP contribution < -0.4 is 5.32 Å². The van der Waals surface area contributed by atoms with Crippen molar-refractivity contribution in [1.82, 2.24) is 0 Å². The smallest absolute Gasteiger partial charge is 0.291 e. The van der Waals surface area contributed by atoms with Crippen molar-refractivity contribution in [2.45, 2.75) is 0 Å². The molecular weight excluding hydrogens is 354 g/mol. The van der Waals surface area contributed by atoms with Crippen LogP contribution in [0, 0.1) is 0 Å². The Labute approximate surface area is 141 Å². The lowest BCUT2D eigenvalue weighted by Gasteiger charge is -2.07. The zero-order valence-corrected chi connectivity index (χ0v) is 13.6. The number of hydrogen-bond acceptors (Lipinski definition) is 2. The van der Waals surface area contributed by atoms with E-state index in [-0.39, 0.29) is 5.91 Å². The second kappa shape index (κ2) is 5.56. The Bertz CT molecular complexity index is 1030. The van der Waals surface area contributed by atoms with E-state index >= 15 is 0 Å². The molecule has 3 nitrogen and oxygen atoms in total. The molecule has 0 aliphatic carbocycles. The molecule has 1 aromatic heterocycles. The summed E-state index contributed by atoms with van der Waals surface area (Å²) in [7, 11) is 0. The average molecular weight is 366 g/mol. The normalized spacial score (nSPS) is 11.0. The summed E-state index contributed by atoms with van der Waals surface area (Å²) in [5.74, 6) is 0.0317. The van der Waals surface area contributed by atoms with Gasteiger partial charge in [-0.3, -0.25) is 4.79 Å². The Morgan fingerprint density at radius 3 is 2.57 bits per heavy atom. The number of carbonyl (C=O) groups excluding carboxylic acids is 1.